The first-order chi connectivity index (χ1) is 14.5. The average molecular weight is 431 g/mol. The second-order valence-corrected chi connectivity index (χ2v) is 9.33. The molecule has 0 spiro atoms. The lowest BCUT2D eigenvalue weighted by atomic mass is 9.96. The van der Waals surface area contributed by atoms with Crippen molar-refractivity contribution in [2.75, 3.05) is 37.7 Å². The van der Waals surface area contributed by atoms with Gasteiger partial charge < -0.3 is 14.4 Å². The van der Waals surface area contributed by atoms with E-state index in [0.717, 1.165) is 5.69 Å². The Labute approximate surface area is 177 Å². The van der Waals surface area contributed by atoms with E-state index < -0.39 is 10.0 Å². The highest BCUT2D eigenvalue weighted by Gasteiger charge is 2.35. The van der Waals surface area contributed by atoms with Crippen LogP contribution >= 0.6 is 0 Å². The SMILES string of the molecule is CCOc1ccc(S(=O)(=O)N2CCC(C(=O)N3CCOc4ccccc43)CC2)cc1. The summed E-state index contributed by atoms with van der Waals surface area (Å²) >= 11 is 0. The highest BCUT2D eigenvalue weighted by molar-refractivity contribution is 7.89. The summed E-state index contributed by atoms with van der Waals surface area (Å²) in [5.74, 6) is 1.21. The van der Waals surface area contributed by atoms with Crippen molar-refractivity contribution in [2.24, 2.45) is 5.92 Å². The van der Waals surface area contributed by atoms with Crippen LogP contribution in [0.5, 0.6) is 11.5 Å². The van der Waals surface area contributed by atoms with Crippen LogP contribution in [0.2, 0.25) is 0 Å². The van der Waals surface area contributed by atoms with E-state index in [4.69, 9.17) is 9.47 Å². The van der Waals surface area contributed by atoms with E-state index in [1.807, 2.05) is 31.2 Å². The summed E-state index contributed by atoms with van der Waals surface area (Å²) in [6, 6.07) is 14.0. The lowest BCUT2D eigenvalue weighted by Crippen LogP contribution is -2.46. The number of piperidine rings is 1. The zero-order chi connectivity index (χ0) is 21.1. The minimum atomic E-state index is -3.58. The van der Waals surface area contributed by atoms with Crippen molar-refractivity contribution < 1.29 is 22.7 Å². The van der Waals surface area contributed by atoms with E-state index in [-0.39, 0.29) is 16.7 Å². The fourth-order valence-corrected chi connectivity index (χ4v) is 5.46. The Balaban J connectivity index is 1.42. The molecule has 8 heteroatoms. The highest BCUT2D eigenvalue weighted by atomic mass is 32.2. The molecule has 30 heavy (non-hydrogen) atoms. The van der Waals surface area contributed by atoms with Gasteiger partial charge in [0.25, 0.3) is 0 Å². The second-order valence-electron chi connectivity index (χ2n) is 7.39. The molecule has 1 fully saturated rings. The normalized spacial score (nSPS) is 17.8. The number of hydrogen-bond donors (Lipinski definition) is 0. The standard InChI is InChI=1S/C22H26N2O5S/c1-2-28-18-7-9-19(10-8-18)30(26,27)23-13-11-17(12-14-23)22(25)24-15-16-29-21-6-4-3-5-20(21)24/h3-10,17H,2,11-16H2,1H3. The van der Waals surface area contributed by atoms with Crippen molar-refractivity contribution in [3.05, 3.63) is 48.5 Å². The lowest BCUT2D eigenvalue weighted by molar-refractivity contribution is -0.123. The van der Waals surface area contributed by atoms with Crippen molar-refractivity contribution >= 4 is 21.6 Å². The van der Waals surface area contributed by atoms with E-state index in [1.54, 1.807) is 29.2 Å². The van der Waals surface area contributed by atoms with Gasteiger partial charge in [-0.2, -0.15) is 4.31 Å². The quantitative estimate of drug-likeness (QED) is 0.729. The summed E-state index contributed by atoms with van der Waals surface area (Å²) < 4.78 is 38.4. The largest absolute Gasteiger partial charge is 0.494 e. The van der Waals surface area contributed by atoms with Crippen LogP contribution in [0.25, 0.3) is 0 Å². The van der Waals surface area contributed by atoms with Crippen LogP contribution in [-0.4, -0.2) is 51.5 Å². The van der Waals surface area contributed by atoms with Crippen LogP contribution < -0.4 is 14.4 Å². The molecule has 2 aromatic carbocycles. The molecule has 0 unspecified atom stereocenters. The summed E-state index contributed by atoms with van der Waals surface area (Å²) in [6.07, 6.45) is 1.02. The van der Waals surface area contributed by atoms with E-state index in [2.05, 4.69) is 0 Å². The predicted octanol–water partition coefficient (Wildman–Crippen LogP) is 2.91. The average Bonchev–Trinajstić information content (AvgIpc) is 2.79. The molecule has 1 saturated heterocycles. The number of ether oxygens (including phenoxy) is 2. The maximum atomic E-state index is 13.1. The Morgan fingerprint density at radius 3 is 2.47 bits per heavy atom. The second kappa shape index (κ2) is 8.65. The van der Waals surface area contributed by atoms with Crippen LogP contribution in [0.4, 0.5) is 5.69 Å². The zero-order valence-corrected chi connectivity index (χ0v) is 17.8. The summed E-state index contributed by atoms with van der Waals surface area (Å²) in [5, 5.41) is 0. The molecule has 2 aromatic rings. The number of anilines is 1. The molecule has 160 valence electrons. The number of amides is 1. The number of carbonyl (C=O) groups excluding carboxylic acids is 1. The van der Waals surface area contributed by atoms with Crippen molar-refractivity contribution in [1.29, 1.82) is 0 Å². The zero-order valence-electron chi connectivity index (χ0n) is 17.0. The van der Waals surface area contributed by atoms with Gasteiger partial charge >= 0.3 is 0 Å². The van der Waals surface area contributed by atoms with Gasteiger partial charge in [-0.05, 0) is 56.2 Å². The van der Waals surface area contributed by atoms with Gasteiger partial charge in [-0.1, -0.05) is 12.1 Å². The smallest absolute Gasteiger partial charge is 0.243 e. The molecule has 0 N–H and O–H groups in total. The maximum Gasteiger partial charge on any atom is 0.243 e. The summed E-state index contributed by atoms with van der Waals surface area (Å²) in [6.45, 7) is 4.05. The van der Waals surface area contributed by atoms with Gasteiger partial charge in [0.05, 0.1) is 23.7 Å². The summed E-state index contributed by atoms with van der Waals surface area (Å²) in [7, 11) is -3.58. The number of para-hydroxylation sites is 2. The minimum absolute atomic E-state index is 0.0452. The minimum Gasteiger partial charge on any atom is -0.494 e. The number of rotatable bonds is 5. The lowest BCUT2D eigenvalue weighted by Gasteiger charge is -2.35. The van der Waals surface area contributed by atoms with Crippen LogP contribution in [0, 0.1) is 5.92 Å². The van der Waals surface area contributed by atoms with Crippen molar-refractivity contribution in [3.63, 3.8) is 0 Å². The van der Waals surface area contributed by atoms with Gasteiger partial charge in [-0.15, -0.1) is 0 Å². The Morgan fingerprint density at radius 1 is 1.07 bits per heavy atom. The van der Waals surface area contributed by atoms with E-state index in [9.17, 15) is 13.2 Å². The maximum absolute atomic E-state index is 13.1. The third-order valence-corrected chi connectivity index (χ3v) is 7.48. The van der Waals surface area contributed by atoms with Crippen LogP contribution in [0.1, 0.15) is 19.8 Å². The summed E-state index contributed by atoms with van der Waals surface area (Å²) in [4.78, 5) is 15.2. The number of carbonyl (C=O) groups is 1. The van der Waals surface area contributed by atoms with Gasteiger partial charge in [0.1, 0.15) is 18.1 Å². The van der Waals surface area contributed by atoms with E-state index >= 15 is 0 Å². The first-order valence-corrected chi connectivity index (χ1v) is 11.7. The number of benzene rings is 2. The van der Waals surface area contributed by atoms with Gasteiger partial charge in [-0.3, -0.25) is 4.79 Å². The summed E-state index contributed by atoms with van der Waals surface area (Å²) in [5.41, 5.74) is 0.790. The van der Waals surface area contributed by atoms with E-state index in [1.165, 1.54) is 4.31 Å². The molecule has 0 bridgehead atoms. The van der Waals surface area contributed by atoms with Crippen molar-refractivity contribution in [1.82, 2.24) is 4.31 Å². The fourth-order valence-electron chi connectivity index (χ4n) is 3.99. The van der Waals surface area contributed by atoms with E-state index in [0.29, 0.717) is 57.2 Å². The molecule has 0 aliphatic carbocycles. The predicted molar refractivity (Wildman–Crippen MR) is 113 cm³/mol. The molecule has 7 nitrogen and oxygen atoms in total. The van der Waals surface area contributed by atoms with Crippen LogP contribution in [0.3, 0.4) is 0 Å². The van der Waals surface area contributed by atoms with Gasteiger partial charge in [0.15, 0.2) is 0 Å². The molecule has 0 aromatic heterocycles. The van der Waals surface area contributed by atoms with Gasteiger partial charge in [-0.25, -0.2) is 8.42 Å². The van der Waals surface area contributed by atoms with Crippen molar-refractivity contribution in [2.45, 2.75) is 24.7 Å². The number of hydrogen-bond acceptors (Lipinski definition) is 5. The molecule has 0 atom stereocenters. The Hall–Kier alpha value is -2.58. The number of fused-ring (bicyclic) bond motifs is 1. The molecule has 0 radical (unpaired) electrons. The Kier molecular flexibility index (Phi) is 5.97. The third kappa shape index (κ3) is 4.02. The molecular weight excluding hydrogens is 404 g/mol. The molecule has 2 aliphatic heterocycles. The molecule has 2 heterocycles. The Morgan fingerprint density at radius 2 is 1.77 bits per heavy atom. The fraction of sp³-hybridized carbons (Fsp3) is 0.409. The first-order valence-electron chi connectivity index (χ1n) is 10.3. The molecule has 2 aliphatic rings. The topological polar surface area (TPSA) is 76.2 Å². The molecular formula is C22H26N2O5S. The number of nitrogens with zero attached hydrogens (tertiary/aromatic N) is 2. The molecule has 0 saturated carbocycles. The third-order valence-electron chi connectivity index (χ3n) is 5.57. The number of sulfonamides is 1. The first kappa shape index (κ1) is 20.7. The molecule has 1 amide bonds. The monoisotopic (exact) mass is 430 g/mol. The van der Waals surface area contributed by atoms with Crippen molar-refractivity contribution in [3.8, 4) is 11.5 Å². The van der Waals surface area contributed by atoms with Crippen LogP contribution in [0.15, 0.2) is 53.4 Å². The molecule has 4 rings (SSSR count). The Bertz CT molecular complexity index is 998. The van der Waals surface area contributed by atoms with Crippen LogP contribution in [-0.2, 0) is 14.8 Å². The van der Waals surface area contributed by atoms with Gasteiger partial charge in [0.2, 0.25) is 15.9 Å². The highest BCUT2D eigenvalue weighted by Crippen LogP contribution is 2.34. The van der Waals surface area contributed by atoms with Gasteiger partial charge in [0, 0.05) is 19.0 Å².